The number of nitrogens with zero attached hydrogens (tertiary/aromatic N) is 3. The fourth-order valence-corrected chi connectivity index (χ4v) is 3.84. The van der Waals surface area contributed by atoms with Gasteiger partial charge in [0.25, 0.3) is 5.56 Å². The summed E-state index contributed by atoms with van der Waals surface area (Å²) in [7, 11) is 0. The van der Waals surface area contributed by atoms with Crippen molar-refractivity contribution in [2.24, 2.45) is 0 Å². The molecule has 0 unspecified atom stereocenters. The van der Waals surface area contributed by atoms with Crippen molar-refractivity contribution < 1.29 is 14.6 Å². The van der Waals surface area contributed by atoms with Crippen LogP contribution in [-0.2, 0) is 6.54 Å². The van der Waals surface area contributed by atoms with Gasteiger partial charge in [-0.05, 0) is 42.0 Å². The normalized spacial score (nSPS) is 10.9. The van der Waals surface area contributed by atoms with Crippen molar-refractivity contribution in [2.45, 2.75) is 6.54 Å². The second-order valence-corrected chi connectivity index (χ2v) is 8.37. The Hall–Kier alpha value is -4.14. The van der Waals surface area contributed by atoms with Gasteiger partial charge in [0.2, 0.25) is 0 Å². The first-order valence-corrected chi connectivity index (χ1v) is 12.3. The molecule has 4 rings (SSSR count). The lowest BCUT2D eigenvalue weighted by Crippen LogP contribution is -2.30. The smallest absolute Gasteiger partial charge is 0.297 e. The van der Waals surface area contributed by atoms with Gasteiger partial charge >= 0.3 is 0 Å². The zero-order valence-electron chi connectivity index (χ0n) is 20.7. The quantitative estimate of drug-likeness (QED) is 0.256. The van der Waals surface area contributed by atoms with Gasteiger partial charge in [0.15, 0.2) is 5.82 Å². The number of anilines is 1. The number of ether oxygens (including phenoxy) is 2. The molecular formula is C29H32N4O4. The molecule has 0 fully saturated rings. The number of aliphatic hydroxyl groups is 1. The molecule has 0 spiro atoms. The van der Waals surface area contributed by atoms with E-state index in [1.165, 1.54) is 5.56 Å². The zero-order valence-corrected chi connectivity index (χ0v) is 20.7. The van der Waals surface area contributed by atoms with Crippen LogP contribution in [0.4, 0.5) is 5.82 Å². The molecule has 8 nitrogen and oxygen atoms in total. The zero-order chi connectivity index (χ0) is 25.7. The average Bonchev–Trinajstić information content (AvgIpc) is 2.94. The minimum absolute atomic E-state index is 0.0963. The summed E-state index contributed by atoms with van der Waals surface area (Å²) in [5.74, 6) is 1.76. The molecule has 3 aromatic carbocycles. The Balaban J connectivity index is 1.28. The predicted octanol–water partition coefficient (Wildman–Crippen LogP) is 3.60. The molecule has 2 N–H and O–H groups in total. The van der Waals surface area contributed by atoms with Gasteiger partial charge in [0.1, 0.15) is 24.7 Å². The summed E-state index contributed by atoms with van der Waals surface area (Å²) < 4.78 is 13.1. The van der Waals surface area contributed by atoms with Crippen molar-refractivity contribution in [3.8, 4) is 17.2 Å². The van der Waals surface area contributed by atoms with Crippen molar-refractivity contribution in [1.82, 2.24) is 14.5 Å². The maximum Gasteiger partial charge on any atom is 0.297 e. The number of aliphatic hydroxyl groups excluding tert-OH is 1. The Labute approximate surface area is 216 Å². The van der Waals surface area contributed by atoms with Gasteiger partial charge in [0, 0.05) is 37.7 Å². The summed E-state index contributed by atoms with van der Waals surface area (Å²) in [4.78, 5) is 19.3. The molecule has 1 heterocycles. The van der Waals surface area contributed by atoms with E-state index in [-0.39, 0.29) is 18.0 Å². The number of hydrogen-bond donors (Lipinski definition) is 2. The van der Waals surface area contributed by atoms with Gasteiger partial charge in [-0.3, -0.25) is 14.3 Å². The third kappa shape index (κ3) is 7.93. The highest BCUT2D eigenvalue weighted by Gasteiger charge is 2.08. The number of nitrogens with one attached hydrogen (secondary N) is 1. The second kappa shape index (κ2) is 13.8. The third-order valence-electron chi connectivity index (χ3n) is 5.70. The van der Waals surface area contributed by atoms with Crippen LogP contribution in [0.3, 0.4) is 0 Å². The van der Waals surface area contributed by atoms with Crippen LogP contribution in [-0.4, -0.2) is 59.0 Å². The predicted molar refractivity (Wildman–Crippen MR) is 145 cm³/mol. The van der Waals surface area contributed by atoms with Crippen LogP contribution in [0.1, 0.15) is 5.56 Å². The highest BCUT2D eigenvalue weighted by Crippen LogP contribution is 2.15. The van der Waals surface area contributed by atoms with E-state index in [0.717, 1.165) is 12.3 Å². The monoisotopic (exact) mass is 500 g/mol. The molecule has 0 bridgehead atoms. The van der Waals surface area contributed by atoms with Crippen LogP contribution in [0, 0.1) is 0 Å². The molecule has 0 saturated carbocycles. The SMILES string of the molecule is O=c1c(NCCOc2ccccc2)nccn1-c1ccc(OCCN(CCO)Cc2ccccc2)cc1. The molecule has 0 saturated heterocycles. The Bertz CT molecular complexity index is 1260. The first-order chi connectivity index (χ1) is 18.2. The number of para-hydroxylation sites is 1. The number of aromatic nitrogens is 2. The van der Waals surface area contributed by atoms with Gasteiger partial charge in [0.05, 0.1) is 13.2 Å². The number of hydrogen-bond acceptors (Lipinski definition) is 7. The van der Waals surface area contributed by atoms with Crippen LogP contribution in [0.25, 0.3) is 5.69 Å². The Morgan fingerprint density at radius 3 is 2.24 bits per heavy atom. The molecule has 0 aliphatic heterocycles. The van der Waals surface area contributed by atoms with E-state index in [9.17, 15) is 9.90 Å². The summed E-state index contributed by atoms with van der Waals surface area (Å²) in [5, 5.41) is 12.4. The molecule has 1 aromatic heterocycles. The van der Waals surface area contributed by atoms with Crippen molar-refractivity contribution in [1.29, 1.82) is 0 Å². The summed E-state index contributed by atoms with van der Waals surface area (Å²) in [6, 6.07) is 27.1. The van der Waals surface area contributed by atoms with Gasteiger partial charge in [-0.2, -0.15) is 0 Å². The highest BCUT2D eigenvalue weighted by atomic mass is 16.5. The van der Waals surface area contributed by atoms with Crippen LogP contribution in [0.15, 0.2) is 102 Å². The van der Waals surface area contributed by atoms with Crippen LogP contribution < -0.4 is 20.3 Å². The largest absolute Gasteiger partial charge is 0.492 e. The van der Waals surface area contributed by atoms with E-state index in [0.29, 0.717) is 44.3 Å². The summed E-state index contributed by atoms with van der Waals surface area (Å²) in [6.07, 6.45) is 3.23. The van der Waals surface area contributed by atoms with Crippen LogP contribution >= 0.6 is 0 Å². The number of rotatable bonds is 14. The van der Waals surface area contributed by atoms with Gasteiger partial charge in [-0.15, -0.1) is 0 Å². The molecule has 4 aromatic rings. The minimum atomic E-state index is -0.239. The van der Waals surface area contributed by atoms with Crippen molar-refractivity contribution in [2.75, 3.05) is 44.8 Å². The van der Waals surface area contributed by atoms with Crippen molar-refractivity contribution >= 4 is 5.82 Å². The van der Waals surface area contributed by atoms with E-state index in [1.807, 2.05) is 72.8 Å². The first kappa shape index (κ1) is 25.9. The lowest BCUT2D eigenvalue weighted by Gasteiger charge is -2.21. The van der Waals surface area contributed by atoms with Gasteiger partial charge in [-0.25, -0.2) is 4.98 Å². The topological polar surface area (TPSA) is 88.8 Å². The fraction of sp³-hybridized carbons (Fsp3) is 0.241. The molecule has 0 atom stereocenters. The van der Waals surface area contributed by atoms with Crippen LogP contribution in [0.2, 0.25) is 0 Å². The van der Waals surface area contributed by atoms with E-state index in [1.54, 1.807) is 17.0 Å². The van der Waals surface area contributed by atoms with Crippen molar-refractivity contribution in [3.05, 3.63) is 113 Å². The minimum Gasteiger partial charge on any atom is -0.492 e. The second-order valence-electron chi connectivity index (χ2n) is 8.37. The lowest BCUT2D eigenvalue weighted by atomic mass is 10.2. The third-order valence-corrected chi connectivity index (χ3v) is 5.70. The fourth-order valence-electron chi connectivity index (χ4n) is 3.84. The molecule has 0 aliphatic rings. The van der Waals surface area contributed by atoms with E-state index >= 15 is 0 Å². The summed E-state index contributed by atoms with van der Waals surface area (Å²) in [6.45, 7) is 3.46. The maximum absolute atomic E-state index is 12.9. The molecule has 0 radical (unpaired) electrons. The maximum atomic E-state index is 12.9. The summed E-state index contributed by atoms with van der Waals surface area (Å²) in [5.41, 5.74) is 1.67. The molecule has 8 heteroatoms. The van der Waals surface area contributed by atoms with Gasteiger partial charge < -0.3 is 19.9 Å². The molecule has 37 heavy (non-hydrogen) atoms. The van der Waals surface area contributed by atoms with Crippen LogP contribution in [0.5, 0.6) is 11.5 Å². The molecule has 0 aliphatic carbocycles. The van der Waals surface area contributed by atoms with E-state index < -0.39 is 0 Å². The Morgan fingerprint density at radius 2 is 1.51 bits per heavy atom. The lowest BCUT2D eigenvalue weighted by molar-refractivity contribution is 0.163. The molecular weight excluding hydrogens is 468 g/mol. The van der Waals surface area contributed by atoms with E-state index in [2.05, 4.69) is 27.3 Å². The Morgan fingerprint density at radius 1 is 0.838 bits per heavy atom. The van der Waals surface area contributed by atoms with Crippen molar-refractivity contribution in [3.63, 3.8) is 0 Å². The summed E-state index contributed by atoms with van der Waals surface area (Å²) >= 11 is 0. The van der Waals surface area contributed by atoms with Gasteiger partial charge in [-0.1, -0.05) is 48.5 Å². The first-order valence-electron chi connectivity index (χ1n) is 12.3. The number of benzene rings is 3. The Kier molecular flexibility index (Phi) is 9.69. The highest BCUT2D eigenvalue weighted by molar-refractivity contribution is 5.41. The standard InChI is InChI=1S/C29H32N4O4/c34-20-18-32(23-24-7-3-1-4-8-24)19-22-37-27-13-11-25(12-14-27)33-17-15-30-28(29(33)35)31-16-21-36-26-9-5-2-6-10-26/h1-15,17,34H,16,18-23H2,(H,30,31). The molecule has 192 valence electrons. The van der Waals surface area contributed by atoms with E-state index in [4.69, 9.17) is 9.47 Å². The average molecular weight is 501 g/mol. The molecule has 0 amide bonds.